The number of aliphatic imine (C=N–C) groups is 2. The van der Waals surface area contributed by atoms with Gasteiger partial charge in [-0.05, 0) is 89.5 Å². The van der Waals surface area contributed by atoms with Crippen molar-refractivity contribution < 1.29 is 0 Å². The molecule has 0 radical (unpaired) electrons. The van der Waals surface area contributed by atoms with E-state index in [1.165, 1.54) is 74.7 Å². The Morgan fingerprint density at radius 1 is 0.403 bits per heavy atom. The molecule has 0 spiro atoms. The van der Waals surface area contributed by atoms with E-state index in [4.69, 9.17) is 9.98 Å². The summed E-state index contributed by atoms with van der Waals surface area (Å²) >= 11 is 1.81. The van der Waals surface area contributed by atoms with Crippen molar-refractivity contribution in [3.8, 4) is 33.4 Å². The first kappa shape index (κ1) is 36.2. The second kappa shape index (κ2) is 14.8. The maximum absolute atomic E-state index is 5.51. The van der Waals surface area contributed by atoms with Crippen LogP contribution in [0.4, 0.5) is 0 Å². The average molecular weight is 810 g/mol. The molecule has 2 heterocycles. The van der Waals surface area contributed by atoms with E-state index < -0.39 is 0 Å². The zero-order valence-electron chi connectivity index (χ0n) is 34.0. The molecule has 62 heavy (non-hydrogen) atoms. The molecule has 0 amide bonds. The first-order valence-electron chi connectivity index (χ1n) is 21.2. The minimum absolute atomic E-state index is 0.305. The van der Waals surface area contributed by atoms with E-state index in [0.29, 0.717) is 0 Å². The van der Waals surface area contributed by atoms with E-state index in [0.717, 1.165) is 39.5 Å². The first-order valence-corrected chi connectivity index (χ1v) is 22.0. The molecule has 0 bridgehead atoms. The molecule has 0 fully saturated rings. The highest BCUT2D eigenvalue weighted by molar-refractivity contribution is 7.26. The third kappa shape index (κ3) is 5.94. The van der Waals surface area contributed by atoms with Gasteiger partial charge in [0.1, 0.15) is 12.0 Å². The van der Waals surface area contributed by atoms with Crippen LogP contribution < -0.4 is 0 Å². The Morgan fingerprint density at radius 3 is 1.76 bits per heavy atom. The number of hydrogen-bond donors (Lipinski definition) is 0. The van der Waals surface area contributed by atoms with E-state index >= 15 is 0 Å². The lowest BCUT2D eigenvalue weighted by Crippen LogP contribution is -2.36. The average Bonchev–Trinajstić information content (AvgIpc) is 3.73. The van der Waals surface area contributed by atoms with Crippen LogP contribution in [0.15, 0.2) is 222 Å². The van der Waals surface area contributed by atoms with Crippen LogP contribution in [0.5, 0.6) is 0 Å². The second-order valence-corrected chi connectivity index (χ2v) is 17.1. The number of rotatable bonds is 6. The van der Waals surface area contributed by atoms with Crippen molar-refractivity contribution >= 4 is 75.5 Å². The fraction of sp³-hybridized carbons (Fsp3) is 0.0345. The molecular weight excluding hydrogens is 771 g/mol. The van der Waals surface area contributed by atoms with Crippen molar-refractivity contribution in [2.45, 2.75) is 6.17 Å². The lowest BCUT2D eigenvalue weighted by molar-refractivity contribution is 0.383. The van der Waals surface area contributed by atoms with Gasteiger partial charge in [0, 0.05) is 38.3 Å². The van der Waals surface area contributed by atoms with Crippen molar-refractivity contribution in [2.75, 3.05) is 7.05 Å². The monoisotopic (exact) mass is 809 g/mol. The zero-order chi connectivity index (χ0) is 41.1. The lowest BCUT2D eigenvalue weighted by atomic mass is 9.88. The molecule has 292 valence electrons. The zero-order valence-corrected chi connectivity index (χ0v) is 34.9. The largest absolute Gasteiger partial charge is 0.333 e. The van der Waals surface area contributed by atoms with Crippen molar-refractivity contribution in [1.29, 1.82) is 0 Å². The van der Waals surface area contributed by atoms with E-state index in [-0.39, 0.29) is 6.17 Å². The molecule has 0 saturated carbocycles. The highest BCUT2D eigenvalue weighted by Crippen LogP contribution is 2.42. The molecule has 4 heteroatoms. The van der Waals surface area contributed by atoms with E-state index in [1.54, 1.807) is 0 Å². The smallest absolute Gasteiger partial charge is 0.160 e. The summed E-state index contributed by atoms with van der Waals surface area (Å²) in [5.74, 6) is 1.64. The van der Waals surface area contributed by atoms with Crippen LogP contribution in [0.3, 0.4) is 0 Å². The Kier molecular flexibility index (Phi) is 8.65. The maximum Gasteiger partial charge on any atom is 0.160 e. The van der Waals surface area contributed by atoms with Gasteiger partial charge in [0.25, 0.3) is 0 Å². The van der Waals surface area contributed by atoms with E-state index in [2.05, 4.69) is 224 Å². The molecule has 1 aliphatic heterocycles. The van der Waals surface area contributed by atoms with Crippen LogP contribution in [0.1, 0.15) is 22.9 Å². The van der Waals surface area contributed by atoms with Crippen LogP contribution in [0.25, 0.3) is 85.9 Å². The van der Waals surface area contributed by atoms with Gasteiger partial charge in [-0.15, -0.1) is 11.3 Å². The molecule has 0 N–H and O–H groups in total. The molecule has 0 aliphatic carbocycles. The molecule has 12 rings (SSSR count). The van der Waals surface area contributed by atoms with Gasteiger partial charge in [-0.1, -0.05) is 194 Å². The summed E-state index contributed by atoms with van der Waals surface area (Å²) in [6.07, 6.45) is -0.305. The SMILES string of the molecule is CN1C(c2ccccc2-c2ccccc2)=NC(c2cccc3c2sc2ccccc23)=NC1c1ccc(-c2ccc(-c3cc4ccccc4c4ccccc34)c3ccccc23)cc1. The van der Waals surface area contributed by atoms with Gasteiger partial charge in [-0.25, -0.2) is 9.98 Å². The molecule has 0 saturated heterocycles. The summed E-state index contributed by atoms with van der Waals surface area (Å²) in [5.41, 5.74) is 10.4. The van der Waals surface area contributed by atoms with Gasteiger partial charge in [0.05, 0.1) is 0 Å². The number of thiophene rings is 1. The van der Waals surface area contributed by atoms with Crippen molar-refractivity contribution in [3.05, 3.63) is 229 Å². The number of benzene rings is 10. The number of amidine groups is 2. The Bertz CT molecular complexity index is 3600. The maximum atomic E-state index is 5.51. The summed E-state index contributed by atoms with van der Waals surface area (Å²) < 4.78 is 2.47. The lowest BCUT2D eigenvalue weighted by Gasteiger charge is -2.33. The highest BCUT2D eigenvalue weighted by Gasteiger charge is 2.29. The summed E-state index contributed by atoms with van der Waals surface area (Å²) in [5, 5.41) is 10.0. The number of hydrogen-bond acceptors (Lipinski definition) is 4. The van der Waals surface area contributed by atoms with Gasteiger partial charge in [0.15, 0.2) is 5.84 Å². The summed E-state index contributed by atoms with van der Waals surface area (Å²) in [6.45, 7) is 0. The van der Waals surface area contributed by atoms with Gasteiger partial charge in [0.2, 0.25) is 0 Å². The van der Waals surface area contributed by atoms with E-state index in [9.17, 15) is 0 Å². The Hall–Kier alpha value is -7.66. The van der Waals surface area contributed by atoms with Gasteiger partial charge >= 0.3 is 0 Å². The quantitative estimate of drug-likeness (QED) is 0.154. The van der Waals surface area contributed by atoms with Crippen molar-refractivity contribution in [2.24, 2.45) is 9.98 Å². The van der Waals surface area contributed by atoms with Crippen LogP contribution >= 0.6 is 11.3 Å². The molecule has 10 aromatic carbocycles. The predicted octanol–water partition coefficient (Wildman–Crippen LogP) is 15.4. The Labute approximate surface area is 364 Å². The topological polar surface area (TPSA) is 28.0 Å². The van der Waals surface area contributed by atoms with Crippen LogP contribution in [0, 0.1) is 0 Å². The summed E-state index contributed by atoms with van der Waals surface area (Å²) in [7, 11) is 2.13. The normalized spacial score (nSPS) is 14.2. The number of nitrogens with zero attached hydrogens (tertiary/aromatic N) is 3. The van der Waals surface area contributed by atoms with Gasteiger partial charge in [-0.2, -0.15) is 0 Å². The van der Waals surface area contributed by atoms with Gasteiger partial charge < -0.3 is 4.90 Å². The molecule has 1 aromatic heterocycles. The van der Waals surface area contributed by atoms with E-state index in [1.807, 2.05) is 11.3 Å². The van der Waals surface area contributed by atoms with Gasteiger partial charge in [-0.3, -0.25) is 0 Å². The van der Waals surface area contributed by atoms with Crippen molar-refractivity contribution in [3.63, 3.8) is 0 Å². The minimum atomic E-state index is -0.305. The minimum Gasteiger partial charge on any atom is -0.333 e. The third-order valence-corrected chi connectivity index (χ3v) is 13.8. The molecular formula is C58H39N3S. The summed E-state index contributed by atoms with van der Waals surface area (Å²) in [4.78, 5) is 13.2. The number of fused-ring (bicyclic) bond motifs is 7. The molecule has 1 atom stereocenters. The van der Waals surface area contributed by atoms with Crippen molar-refractivity contribution in [1.82, 2.24) is 4.90 Å². The highest BCUT2D eigenvalue weighted by atomic mass is 32.1. The molecule has 1 aliphatic rings. The third-order valence-electron chi connectivity index (χ3n) is 12.6. The Morgan fingerprint density at radius 2 is 0.968 bits per heavy atom. The Balaban J connectivity index is 0.980. The van der Waals surface area contributed by atoms with Crippen LogP contribution in [0.2, 0.25) is 0 Å². The fourth-order valence-electron chi connectivity index (χ4n) is 9.57. The van der Waals surface area contributed by atoms with Crippen LogP contribution in [-0.4, -0.2) is 23.6 Å². The first-order chi connectivity index (χ1) is 30.7. The predicted molar refractivity (Wildman–Crippen MR) is 265 cm³/mol. The van der Waals surface area contributed by atoms with Crippen LogP contribution in [-0.2, 0) is 0 Å². The fourth-order valence-corrected chi connectivity index (χ4v) is 10.8. The molecule has 1 unspecified atom stereocenters. The standard InChI is InChI=1S/C58H39N3S/c1-61-57(59-56(52-28-15-27-50-49-25-13-14-29-54(49)62-55(50)52)60-58(61)51-26-12-7-19-41(51)37-16-3-2-4-17-37)39-32-30-38(31-33-39)43-34-35-48(46-23-10-8-22-45(43)46)53-36-40-18-5-6-20-42(40)44-21-9-11-24-47(44)53/h2-36,57H,1H3. The molecule has 11 aromatic rings. The molecule has 3 nitrogen and oxygen atoms in total. The second-order valence-electron chi connectivity index (χ2n) is 16.1. The summed E-state index contributed by atoms with van der Waals surface area (Å²) in [6, 6.07) is 76.8.